The second kappa shape index (κ2) is 3.64. The van der Waals surface area contributed by atoms with Crippen molar-refractivity contribution in [3.05, 3.63) is 35.4 Å². The van der Waals surface area contributed by atoms with Gasteiger partial charge in [0, 0.05) is 12.0 Å². The Bertz CT molecular complexity index is 356. The topological polar surface area (TPSA) is 26.0 Å². The van der Waals surface area contributed by atoms with Crippen LogP contribution in [-0.2, 0) is 5.41 Å². The van der Waals surface area contributed by atoms with E-state index in [1.54, 1.807) is 0 Å². The van der Waals surface area contributed by atoms with Crippen LogP contribution in [0.25, 0.3) is 0 Å². The lowest BCUT2D eigenvalue weighted by molar-refractivity contribution is 0.482. The van der Waals surface area contributed by atoms with E-state index in [1.807, 2.05) is 0 Å². The Morgan fingerprint density at radius 2 is 2.07 bits per heavy atom. The summed E-state index contributed by atoms with van der Waals surface area (Å²) in [4.78, 5) is 0. The van der Waals surface area contributed by atoms with Crippen LogP contribution >= 0.6 is 0 Å². The average Bonchev–Trinajstić information content (AvgIpc) is 2.94. The van der Waals surface area contributed by atoms with E-state index in [4.69, 9.17) is 5.73 Å². The van der Waals surface area contributed by atoms with Crippen LogP contribution in [0.2, 0.25) is 0 Å². The number of rotatable bonds is 3. The normalized spacial score (nSPS) is 29.5. The van der Waals surface area contributed by atoms with Gasteiger partial charge < -0.3 is 5.73 Å². The van der Waals surface area contributed by atoms with Gasteiger partial charge in [-0.15, -0.1) is 0 Å². The zero-order valence-corrected chi connectivity index (χ0v) is 9.96. The molecule has 1 fully saturated rings. The van der Waals surface area contributed by atoms with Gasteiger partial charge >= 0.3 is 0 Å². The van der Waals surface area contributed by atoms with Crippen molar-refractivity contribution in [1.82, 2.24) is 0 Å². The molecule has 1 nitrogen and oxygen atoms in total. The van der Waals surface area contributed by atoms with Gasteiger partial charge in [0.15, 0.2) is 0 Å². The van der Waals surface area contributed by atoms with E-state index in [-0.39, 0.29) is 0 Å². The first kappa shape index (κ1) is 10.7. The SMILES string of the molecule is Cc1ccccc1C1(CN)CC1C(C)C. The van der Waals surface area contributed by atoms with E-state index in [1.165, 1.54) is 17.5 Å². The Morgan fingerprint density at radius 3 is 2.53 bits per heavy atom. The maximum atomic E-state index is 6.00. The monoisotopic (exact) mass is 203 g/mol. The van der Waals surface area contributed by atoms with Gasteiger partial charge in [0.25, 0.3) is 0 Å². The number of hydrogen-bond acceptors (Lipinski definition) is 1. The molecular formula is C14H21N. The number of nitrogens with two attached hydrogens (primary N) is 1. The third-order valence-corrected chi connectivity index (χ3v) is 3.98. The summed E-state index contributed by atoms with van der Waals surface area (Å²) in [6, 6.07) is 8.69. The van der Waals surface area contributed by atoms with E-state index in [2.05, 4.69) is 45.0 Å². The minimum absolute atomic E-state index is 0.291. The number of hydrogen-bond donors (Lipinski definition) is 1. The van der Waals surface area contributed by atoms with Crippen molar-refractivity contribution in [2.24, 2.45) is 17.6 Å². The first-order valence-corrected chi connectivity index (χ1v) is 5.88. The van der Waals surface area contributed by atoms with Crippen LogP contribution in [0.3, 0.4) is 0 Å². The van der Waals surface area contributed by atoms with Gasteiger partial charge in [0.05, 0.1) is 0 Å². The maximum absolute atomic E-state index is 6.00. The van der Waals surface area contributed by atoms with E-state index in [0.717, 1.165) is 18.4 Å². The molecule has 0 bridgehead atoms. The molecule has 2 rings (SSSR count). The number of aryl methyl sites for hydroxylation is 1. The molecular weight excluding hydrogens is 182 g/mol. The van der Waals surface area contributed by atoms with Crippen molar-refractivity contribution >= 4 is 0 Å². The average molecular weight is 203 g/mol. The minimum Gasteiger partial charge on any atom is -0.330 e. The van der Waals surface area contributed by atoms with Crippen LogP contribution in [0.15, 0.2) is 24.3 Å². The fraction of sp³-hybridized carbons (Fsp3) is 0.571. The molecule has 2 atom stereocenters. The smallest absolute Gasteiger partial charge is 0.0112 e. The van der Waals surface area contributed by atoms with Gasteiger partial charge in [-0.2, -0.15) is 0 Å². The lowest BCUT2D eigenvalue weighted by atomic mass is 9.87. The van der Waals surface area contributed by atoms with Gasteiger partial charge in [-0.25, -0.2) is 0 Å². The third kappa shape index (κ3) is 1.59. The molecule has 1 aromatic rings. The highest BCUT2D eigenvalue weighted by molar-refractivity contribution is 5.40. The van der Waals surface area contributed by atoms with Crippen molar-refractivity contribution in [2.45, 2.75) is 32.6 Å². The van der Waals surface area contributed by atoms with Gasteiger partial charge in [-0.05, 0) is 36.3 Å². The predicted molar refractivity (Wildman–Crippen MR) is 64.9 cm³/mol. The second-order valence-corrected chi connectivity index (χ2v) is 5.23. The Morgan fingerprint density at radius 1 is 1.40 bits per heavy atom. The third-order valence-electron chi connectivity index (χ3n) is 3.98. The standard InChI is InChI=1S/C14H21N/c1-10(2)13-8-14(13,9-15)12-7-5-4-6-11(12)3/h4-7,10,13H,8-9,15H2,1-3H3. The lowest BCUT2D eigenvalue weighted by Crippen LogP contribution is -2.24. The summed E-state index contributed by atoms with van der Waals surface area (Å²) in [7, 11) is 0. The van der Waals surface area contributed by atoms with Crippen LogP contribution in [0.1, 0.15) is 31.4 Å². The molecule has 0 amide bonds. The molecule has 0 aromatic heterocycles. The van der Waals surface area contributed by atoms with Gasteiger partial charge in [0.1, 0.15) is 0 Å². The summed E-state index contributed by atoms with van der Waals surface area (Å²) in [5, 5.41) is 0. The Hall–Kier alpha value is -0.820. The summed E-state index contributed by atoms with van der Waals surface area (Å²) in [5.74, 6) is 1.52. The van der Waals surface area contributed by atoms with Crippen molar-refractivity contribution < 1.29 is 0 Å². The van der Waals surface area contributed by atoms with Crippen molar-refractivity contribution in [1.29, 1.82) is 0 Å². The van der Waals surface area contributed by atoms with Crippen molar-refractivity contribution in [3.63, 3.8) is 0 Å². The zero-order valence-electron chi connectivity index (χ0n) is 9.96. The molecule has 0 saturated heterocycles. The molecule has 1 heteroatoms. The first-order chi connectivity index (χ1) is 7.12. The molecule has 15 heavy (non-hydrogen) atoms. The highest BCUT2D eigenvalue weighted by atomic mass is 14.7. The summed E-state index contributed by atoms with van der Waals surface area (Å²) in [6.45, 7) is 7.60. The minimum atomic E-state index is 0.291. The molecule has 1 aromatic carbocycles. The van der Waals surface area contributed by atoms with Crippen LogP contribution in [0.4, 0.5) is 0 Å². The zero-order chi connectivity index (χ0) is 11.1. The molecule has 0 radical (unpaired) electrons. The highest BCUT2D eigenvalue weighted by Crippen LogP contribution is 2.57. The van der Waals surface area contributed by atoms with Crippen LogP contribution in [0, 0.1) is 18.8 Å². The molecule has 1 aliphatic rings. The number of benzene rings is 1. The Balaban J connectivity index is 2.34. The second-order valence-electron chi connectivity index (χ2n) is 5.23. The first-order valence-electron chi connectivity index (χ1n) is 5.88. The summed E-state index contributed by atoms with van der Waals surface area (Å²) in [5.41, 5.74) is 9.16. The molecule has 0 spiro atoms. The Kier molecular flexibility index (Phi) is 2.59. The molecule has 2 N–H and O–H groups in total. The summed E-state index contributed by atoms with van der Waals surface area (Å²) >= 11 is 0. The van der Waals surface area contributed by atoms with Crippen molar-refractivity contribution in [3.8, 4) is 0 Å². The van der Waals surface area contributed by atoms with Crippen LogP contribution < -0.4 is 5.73 Å². The van der Waals surface area contributed by atoms with Crippen LogP contribution in [0.5, 0.6) is 0 Å². The molecule has 0 heterocycles. The summed E-state index contributed by atoms with van der Waals surface area (Å²) < 4.78 is 0. The predicted octanol–water partition coefficient (Wildman–Crippen LogP) is 2.87. The van der Waals surface area contributed by atoms with E-state index in [0.29, 0.717) is 5.41 Å². The maximum Gasteiger partial charge on any atom is 0.0112 e. The molecule has 1 aliphatic carbocycles. The lowest BCUT2D eigenvalue weighted by Gasteiger charge is -2.19. The summed E-state index contributed by atoms with van der Waals surface area (Å²) in [6.07, 6.45) is 1.27. The quantitative estimate of drug-likeness (QED) is 0.803. The Labute approximate surface area is 92.7 Å². The molecule has 1 saturated carbocycles. The van der Waals surface area contributed by atoms with Crippen LogP contribution in [-0.4, -0.2) is 6.54 Å². The molecule has 0 aliphatic heterocycles. The molecule has 82 valence electrons. The van der Waals surface area contributed by atoms with E-state index >= 15 is 0 Å². The van der Waals surface area contributed by atoms with Gasteiger partial charge in [-0.1, -0.05) is 38.1 Å². The largest absolute Gasteiger partial charge is 0.330 e. The van der Waals surface area contributed by atoms with E-state index < -0.39 is 0 Å². The molecule has 2 unspecified atom stereocenters. The fourth-order valence-electron chi connectivity index (χ4n) is 2.99. The fourth-order valence-corrected chi connectivity index (χ4v) is 2.99. The van der Waals surface area contributed by atoms with E-state index in [9.17, 15) is 0 Å². The van der Waals surface area contributed by atoms with Gasteiger partial charge in [0.2, 0.25) is 0 Å². The van der Waals surface area contributed by atoms with Crippen molar-refractivity contribution in [2.75, 3.05) is 6.54 Å². The highest BCUT2D eigenvalue weighted by Gasteiger charge is 2.55. The van der Waals surface area contributed by atoms with Gasteiger partial charge in [-0.3, -0.25) is 0 Å².